The van der Waals surface area contributed by atoms with Crippen molar-refractivity contribution < 1.29 is 4.79 Å². The largest absolute Gasteiger partial charge is 0.301 e. The molecule has 146 valence electrons. The Labute approximate surface area is 193 Å². The minimum absolute atomic E-state index is 0.102. The first-order chi connectivity index (χ1) is 14.1. The zero-order chi connectivity index (χ0) is 20.2. The molecule has 0 spiro atoms. The van der Waals surface area contributed by atoms with Crippen molar-refractivity contribution in [3.63, 3.8) is 0 Å². The van der Waals surface area contributed by atoms with Crippen molar-refractivity contribution in [2.45, 2.75) is 4.34 Å². The standard InChI is InChI=1S/C20H13BrClN3OS3/c21-14-5-1-12(2-6-14)16-9-27-19(23-16)25-18(26)11-29-20-24-17(10-28-20)13-3-7-15(22)8-4-13/h1-10H,11H2,(H,23,25,26). The minimum Gasteiger partial charge on any atom is -0.301 e. The summed E-state index contributed by atoms with van der Waals surface area (Å²) in [6.45, 7) is 0. The van der Waals surface area contributed by atoms with Crippen LogP contribution in [0.3, 0.4) is 0 Å². The molecule has 4 aromatic rings. The summed E-state index contributed by atoms with van der Waals surface area (Å²) in [6.07, 6.45) is 0. The number of hydrogen-bond acceptors (Lipinski definition) is 6. The topological polar surface area (TPSA) is 54.9 Å². The van der Waals surface area contributed by atoms with E-state index in [1.807, 2.05) is 59.3 Å². The molecule has 1 amide bonds. The fraction of sp³-hybridized carbons (Fsp3) is 0.0500. The number of amides is 1. The maximum absolute atomic E-state index is 12.3. The van der Waals surface area contributed by atoms with E-state index in [1.165, 1.54) is 34.4 Å². The smallest absolute Gasteiger partial charge is 0.236 e. The lowest BCUT2D eigenvalue weighted by Gasteiger charge is -2.00. The number of rotatable bonds is 6. The van der Waals surface area contributed by atoms with E-state index < -0.39 is 0 Å². The van der Waals surface area contributed by atoms with E-state index in [0.29, 0.717) is 10.2 Å². The first-order valence-corrected chi connectivity index (χ1v) is 12.3. The fourth-order valence-electron chi connectivity index (χ4n) is 2.44. The lowest BCUT2D eigenvalue weighted by Crippen LogP contribution is -2.13. The predicted molar refractivity (Wildman–Crippen MR) is 127 cm³/mol. The molecule has 2 aromatic heterocycles. The van der Waals surface area contributed by atoms with Crippen LogP contribution in [0.4, 0.5) is 5.13 Å². The molecule has 0 unspecified atom stereocenters. The Kier molecular flexibility index (Phi) is 6.67. The second kappa shape index (κ2) is 9.40. The Morgan fingerprint density at radius 2 is 1.59 bits per heavy atom. The normalized spacial score (nSPS) is 10.8. The van der Waals surface area contributed by atoms with Gasteiger partial charge in [-0.05, 0) is 24.3 Å². The molecule has 0 atom stereocenters. The van der Waals surface area contributed by atoms with E-state index in [0.717, 1.165) is 31.3 Å². The van der Waals surface area contributed by atoms with Gasteiger partial charge in [0.15, 0.2) is 9.47 Å². The highest BCUT2D eigenvalue weighted by molar-refractivity contribution is 9.10. The molecule has 0 radical (unpaired) electrons. The van der Waals surface area contributed by atoms with Gasteiger partial charge < -0.3 is 5.32 Å². The number of thioether (sulfide) groups is 1. The van der Waals surface area contributed by atoms with Gasteiger partial charge in [-0.15, -0.1) is 22.7 Å². The third-order valence-electron chi connectivity index (χ3n) is 3.84. The molecule has 2 aromatic carbocycles. The Bertz CT molecular complexity index is 1130. The van der Waals surface area contributed by atoms with Crippen LogP contribution in [-0.2, 0) is 4.79 Å². The average Bonchev–Trinajstić information content (AvgIpc) is 3.37. The molecule has 29 heavy (non-hydrogen) atoms. The molecular weight excluding hydrogens is 510 g/mol. The molecule has 0 aliphatic heterocycles. The second-order valence-electron chi connectivity index (χ2n) is 5.89. The number of halogens is 2. The third kappa shape index (κ3) is 5.46. The molecule has 9 heteroatoms. The Balaban J connectivity index is 1.33. The van der Waals surface area contributed by atoms with Crippen molar-refractivity contribution in [1.82, 2.24) is 9.97 Å². The SMILES string of the molecule is O=C(CSc1nc(-c2ccc(Cl)cc2)cs1)Nc1nc(-c2ccc(Br)cc2)cs1. The highest BCUT2D eigenvalue weighted by atomic mass is 79.9. The summed E-state index contributed by atoms with van der Waals surface area (Å²) < 4.78 is 1.86. The van der Waals surface area contributed by atoms with E-state index in [2.05, 4.69) is 31.2 Å². The van der Waals surface area contributed by atoms with Crippen LogP contribution in [0, 0.1) is 0 Å². The van der Waals surface area contributed by atoms with Gasteiger partial charge in [-0.3, -0.25) is 4.79 Å². The van der Waals surface area contributed by atoms with Gasteiger partial charge >= 0.3 is 0 Å². The molecule has 0 saturated heterocycles. The number of aromatic nitrogens is 2. The van der Waals surface area contributed by atoms with E-state index in [9.17, 15) is 4.79 Å². The van der Waals surface area contributed by atoms with Crippen LogP contribution in [-0.4, -0.2) is 21.6 Å². The summed E-state index contributed by atoms with van der Waals surface area (Å²) in [5, 5.41) is 8.06. The highest BCUT2D eigenvalue weighted by Gasteiger charge is 2.11. The van der Waals surface area contributed by atoms with E-state index in [-0.39, 0.29) is 11.7 Å². The monoisotopic (exact) mass is 521 g/mol. The van der Waals surface area contributed by atoms with Crippen LogP contribution >= 0.6 is 62.0 Å². The van der Waals surface area contributed by atoms with E-state index in [4.69, 9.17) is 11.6 Å². The third-order valence-corrected chi connectivity index (χ3v) is 7.40. The Hall–Kier alpha value is -1.71. The summed E-state index contributed by atoms with van der Waals surface area (Å²) in [5.74, 6) is 0.177. The maximum Gasteiger partial charge on any atom is 0.236 e. The maximum atomic E-state index is 12.3. The molecule has 0 saturated carbocycles. The molecule has 1 N–H and O–H groups in total. The molecule has 4 nitrogen and oxygen atoms in total. The van der Waals surface area contributed by atoms with Gasteiger partial charge in [-0.1, -0.05) is 63.6 Å². The number of anilines is 1. The first kappa shape index (κ1) is 20.6. The molecule has 2 heterocycles. The van der Waals surface area contributed by atoms with Crippen LogP contribution in [0.5, 0.6) is 0 Å². The highest BCUT2D eigenvalue weighted by Crippen LogP contribution is 2.30. The Morgan fingerprint density at radius 1 is 0.966 bits per heavy atom. The summed E-state index contributed by atoms with van der Waals surface area (Å²) >= 11 is 13.7. The van der Waals surface area contributed by atoms with E-state index in [1.54, 1.807) is 0 Å². The summed E-state index contributed by atoms with van der Waals surface area (Å²) in [7, 11) is 0. The van der Waals surface area contributed by atoms with Crippen molar-refractivity contribution in [2.75, 3.05) is 11.1 Å². The summed E-state index contributed by atoms with van der Waals surface area (Å²) in [4.78, 5) is 21.4. The number of carbonyl (C=O) groups is 1. The molecule has 0 aliphatic carbocycles. The summed E-state index contributed by atoms with van der Waals surface area (Å²) in [5.41, 5.74) is 3.74. The predicted octanol–water partition coefficient (Wildman–Crippen LogP) is 7.08. The summed E-state index contributed by atoms with van der Waals surface area (Å²) in [6, 6.07) is 15.5. The zero-order valence-electron chi connectivity index (χ0n) is 14.8. The van der Waals surface area contributed by atoms with Gasteiger partial charge in [-0.2, -0.15) is 0 Å². The van der Waals surface area contributed by atoms with Crippen molar-refractivity contribution >= 4 is 73.0 Å². The molecule has 4 rings (SSSR count). The number of nitrogens with zero attached hydrogens (tertiary/aromatic N) is 2. The van der Waals surface area contributed by atoms with Crippen LogP contribution < -0.4 is 5.32 Å². The van der Waals surface area contributed by atoms with Crippen LogP contribution in [0.25, 0.3) is 22.5 Å². The molecule has 0 bridgehead atoms. The van der Waals surface area contributed by atoms with Gasteiger partial charge in [0.2, 0.25) is 5.91 Å². The van der Waals surface area contributed by atoms with Crippen molar-refractivity contribution in [3.8, 4) is 22.5 Å². The first-order valence-electron chi connectivity index (χ1n) is 8.42. The van der Waals surface area contributed by atoms with Gasteiger partial charge in [0.25, 0.3) is 0 Å². The molecule has 0 fully saturated rings. The lowest BCUT2D eigenvalue weighted by atomic mass is 10.2. The fourth-order valence-corrected chi connectivity index (χ4v) is 5.21. The van der Waals surface area contributed by atoms with Gasteiger partial charge in [0, 0.05) is 31.4 Å². The number of carbonyl (C=O) groups excluding carboxylic acids is 1. The van der Waals surface area contributed by atoms with Crippen LogP contribution in [0.15, 0.2) is 68.1 Å². The van der Waals surface area contributed by atoms with Crippen LogP contribution in [0.1, 0.15) is 0 Å². The van der Waals surface area contributed by atoms with Crippen LogP contribution in [0.2, 0.25) is 5.02 Å². The quantitative estimate of drug-likeness (QED) is 0.275. The van der Waals surface area contributed by atoms with Gasteiger partial charge in [0.1, 0.15) is 0 Å². The zero-order valence-corrected chi connectivity index (χ0v) is 19.6. The second-order valence-corrected chi connectivity index (χ2v) is 10.2. The lowest BCUT2D eigenvalue weighted by molar-refractivity contribution is -0.113. The minimum atomic E-state index is -0.102. The van der Waals surface area contributed by atoms with E-state index >= 15 is 0 Å². The number of thiazole rings is 2. The van der Waals surface area contributed by atoms with Crippen molar-refractivity contribution in [2.24, 2.45) is 0 Å². The van der Waals surface area contributed by atoms with Gasteiger partial charge in [0.05, 0.1) is 17.1 Å². The number of hydrogen-bond donors (Lipinski definition) is 1. The Morgan fingerprint density at radius 3 is 2.31 bits per heavy atom. The number of nitrogens with one attached hydrogen (secondary N) is 1. The average molecular weight is 523 g/mol. The van der Waals surface area contributed by atoms with Gasteiger partial charge in [-0.25, -0.2) is 9.97 Å². The molecule has 0 aliphatic rings. The molecular formula is C20H13BrClN3OS3. The van der Waals surface area contributed by atoms with Crippen molar-refractivity contribution in [3.05, 3.63) is 68.8 Å². The number of benzene rings is 2. The van der Waals surface area contributed by atoms with Crippen molar-refractivity contribution in [1.29, 1.82) is 0 Å².